The number of aliphatic carboxylic acids is 1. The van der Waals surface area contributed by atoms with E-state index in [0.29, 0.717) is 22.0 Å². The van der Waals surface area contributed by atoms with Gasteiger partial charge < -0.3 is 18.4 Å². The van der Waals surface area contributed by atoms with Crippen LogP contribution in [0.25, 0.3) is 22.0 Å². The zero-order valence-electron chi connectivity index (χ0n) is 17.2. The van der Waals surface area contributed by atoms with Gasteiger partial charge in [-0.2, -0.15) is 13.5 Å². The third kappa shape index (κ3) is 4.67. The number of benzene rings is 2. The highest BCUT2D eigenvalue weighted by Gasteiger charge is 2.28. The highest BCUT2D eigenvalue weighted by molar-refractivity contribution is 7.87. The molecule has 0 radical (unpaired) electrons. The Morgan fingerprint density at radius 2 is 1.94 bits per heavy atom. The average molecular weight is 489 g/mol. The summed E-state index contributed by atoms with van der Waals surface area (Å²) in [7, 11) is -4.37. The number of fused-ring (bicyclic) bond motifs is 1. The lowest BCUT2D eigenvalue weighted by molar-refractivity contribution is -0.137. The van der Waals surface area contributed by atoms with Crippen LogP contribution in [-0.4, -0.2) is 43.0 Å². The molecule has 2 aromatic carbocycles. The highest BCUT2D eigenvalue weighted by atomic mass is 32.2. The maximum Gasteiger partial charge on any atom is 0.341 e. The largest absolute Gasteiger partial charge is 0.772 e. The van der Waals surface area contributed by atoms with Gasteiger partial charge in [0.05, 0.1) is 11.7 Å². The number of nitrogens with zero attached hydrogens (tertiary/aromatic N) is 2. The van der Waals surface area contributed by atoms with Gasteiger partial charge in [0.15, 0.2) is 0 Å². The molecule has 0 aliphatic rings. The summed E-state index contributed by atoms with van der Waals surface area (Å²) in [6, 6.07) is 10.7. The lowest BCUT2D eigenvalue weighted by atomic mass is 10.1. The summed E-state index contributed by atoms with van der Waals surface area (Å²) in [5.74, 6) is -1.32. The number of hydrogen-bond acceptors (Lipinski definition) is 7. The molecule has 0 fully saturated rings. The molecule has 0 spiro atoms. The van der Waals surface area contributed by atoms with E-state index in [1.807, 2.05) is 0 Å². The second-order valence-electron chi connectivity index (χ2n) is 7.24. The van der Waals surface area contributed by atoms with Crippen molar-refractivity contribution in [3.05, 3.63) is 66.1 Å². The number of nitrogens with one attached hydrogen (secondary N) is 1. The van der Waals surface area contributed by atoms with Gasteiger partial charge in [0.1, 0.15) is 17.2 Å². The molecule has 1 atom stereocenters. The van der Waals surface area contributed by atoms with E-state index in [2.05, 4.69) is 10.2 Å². The van der Waals surface area contributed by atoms with Crippen molar-refractivity contribution in [1.29, 1.82) is 0 Å². The van der Waals surface area contributed by atoms with Crippen molar-refractivity contribution in [2.45, 2.75) is 24.1 Å². The quantitative estimate of drug-likeness (QED) is 0.283. The number of H-pyrrole nitrogens is 1. The molecule has 2 heterocycles. The minimum atomic E-state index is -4.37. The number of rotatable bonds is 8. The van der Waals surface area contributed by atoms with E-state index in [9.17, 15) is 27.1 Å². The van der Waals surface area contributed by atoms with E-state index in [1.54, 1.807) is 30.6 Å². The van der Waals surface area contributed by atoms with Crippen LogP contribution in [-0.2, 0) is 38.3 Å². The lowest BCUT2D eigenvalue weighted by Crippen LogP contribution is -2.13. The third-order valence-electron chi connectivity index (χ3n) is 5.05. The minimum absolute atomic E-state index is 0.0000416. The number of carboxylic acids is 1. The maximum atomic E-state index is 13.3. The second-order valence-corrected chi connectivity index (χ2v) is 9.62. The van der Waals surface area contributed by atoms with Crippen LogP contribution in [0.3, 0.4) is 0 Å². The molecule has 12 heteroatoms. The summed E-state index contributed by atoms with van der Waals surface area (Å²) in [4.78, 5) is 11.3. The maximum absolute atomic E-state index is 13.3. The summed E-state index contributed by atoms with van der Waals surface area (Å²) in [6.07, 6.45) is 3.24. The summed E-state index contributed by atoms with van der Waals surface area (Å²) >= 11 is -2.27. The predicted octanol–water partition coefficient (Wildman–Crippen LogP) is 2.57. The topological polar surface area (TPSA) is 154 Å². The Kier molecular flexibility index (Phi) is 6.06. The van der Waals surface area contributed by atoms with Gasteiger partial charge in [-0.1, -0.05) is 29.3 Å². The fourth-order valence-corrected chi connectivity index (χ4v) is 5.46. The van der Waals surface area contributed by atoms with E-state index < -0.39 is 33.7 Å². The SMILES string of the molecule is Cc1c(S(=O)(=O)Oc2ccc(CS(=O)[O-])cc2)c2cc(-c3cn[nH]c3)ccc2n1CC(=O)O. The molecule has 0 amide bonds. The molecule has 0 aliphatic carbocycles. The molecule has 172 valence electrons. The van der Waals surface area contributed by atoms with Gasteiger partial charge in [0.2, 0.25) is 0 Å². The molecule has 4 rings (SSSR count). The fourth-order valence-electron chi connectivity index (χ4n) is 3.64. The van der Waals surface area contributed by atoms with Crippen LogP contribution in [0.5, 0.6) is 5.75 Å². The van der Waals surface area contributed by atoms with Gasteiger partial charge in [-0.15, -0.1) is 0 Å². The van der Waals surface area contributed by atoms with Gasteiger partial charge >= 0.3 is 16.1 Å². The molecule has 0 saturated heterocycles. The Bertz CT molecular complexity index is 1460. The number of carbonyl (C=O) groups is 1. The highest BCUT2D eigenvalue weighted by Crippen LogP contribution is 2.34. The van der Waals surface area contributed by atoms with Crippen molar-refractivity contribution in [3.63, 3.8) is 0 Å². The molecule has 0 saturated carbocycles. The first-order valence-electron chi connectivity index (χ1n) is 9.59. The molecule has 1 unspecified atom stereocenters. The van der Waals surface area contributed by atoms with Crippen LogP contribution < -0.4 is 4.18 Å². The van der Waals surface area contributed by atoms with E-state index >= 15 is 0 Å². The smallest absolute Gasteiger partial charge is 0.341 e. The molecule has 33 heavy (non-hydrogen) atoms. The molecule has 2 aromatic heterocycles. The van der Waals surface area contributed by atoms with Crippen molar-refractivity contribution < 1.29 is 31.3 Å². The Morgan fingerprint density at radius 1 is 1.21 bits per heavy atom. The van der Waals surface area contributed by atoms with Gasteiger partial charge in [-0.3, -0.25) is 14.1 Å². The van der Waals surface area contributed by atoms with Gasteiger partial charge in [-0.25, -0.2) is 0 Å². The fraction of sp³-hybridized carbons (Fsp3) is 0.143. The first-order chi connectivity index (χ1) is 15.7. The van der Waals surface area contributed by atoms with Crippen molar-refractivity contribution in [3.8, 4) is 16.9 Å². The zero-order chi connectivity index (χ0) is 23.8. The summed E-state index contributed by atoms with van der Waals surface area (Å²) < 4.78 is 55.0. The standard InChI is InChI=1S/C21H19N3O7S2/c1-13-21(33(29,30)31-17-5-2-14(3-6-17)12-32(27)28)18-8-15(16-9-22-23-10-16)4-7-19(18)24(13)11-20(25)26/h2-10H,11-12H2,1H3,(H,22,23)(H,25,26)(H,27,28)/p-1. The average Bonchev–Trinajstić information content (AvgIpc) is 3.36. The Morgan fingerprint density at radius 3 is 2.55 bits per heavy atom. The number of aromatic nitrogens is 3. The monoisotopic (exact) mass is 488 g/mol. The van der Waals surface area contributed by atoms with Crippen LogP contribution in [0.15, 0.2) is 59.8 Å². The molecule has 2 N–H and O–H groups in total. The Hall–Kier alpha value is -3.48. The number of carboxylic acid groups (broad SMARTS) is 1. The summed E-state index contributed by atoms with van der Waals surface area (Å²) in [5, 5.41) is 16.2. The third-order valence-corrected chi connectivity index (χ3v) is 7.05. The van der Waals surface area contributed by atoms with Crippen LogP contribution in [0.4, 0.5) is 0 Å². The first-order valence-corrected chi connectivity index (χ1v) is 12.2. The van der Waals surface area contributed by atoms with Crippen LogP contribution >= 0.6 is 0 Å². The Labute approximate surface area is 191 Å². The van der Waals surface area contributed by atoms with Gasteiger partial charge in [0.25, 0.3) is 0 Å². The van der Waals surface area contributed by atoms with Crippen molar-refractivity contribution in [1.82, 2.24) is 14.8 Å². The first kappa shape index (κ1) is 22.7. The predicted molar refractivity (Wildman–Crippen MR) is 119 cm³/mol. The van der Waals surface area contributed by atoms with Crippen molar-refractivity contribution in [2.24, 2.45) is 0 Å². The number of aromatic amines is 1. The van der Waals surface area contributed by atoms with Crippen LogP contribution in [0.2, 0.25) is 0 Å². The van der Waals surface area contributed by atoms with E-state index in [4.69, 9.17) is 4.18 Å². The van der Waals surface area contributed by atoms with E-state index in [0.717, 1.165) is 5.56 Å². The summed E-state index contributed by atoms with van der Waals surface area (Å²) in [5.41, 5.74) is 2.55. The lowest BCUT2D eigenvalue weighted by Gasteiger charge is -2.10. The summed E-state index contributed by atoms with van der Waals surface area (Å²) in [6.45, 7) is 1.09. The molecular formula is C21H18N3O7S2-. The normalized spacial score (nSPS) is 12.7. The second kappa shape index (κ2) is 8.81. The van der Waals surface area contributed by atoms with E-state index in [-0.39, 0.29) is 22.1 Å². The van der Waals surface area contributed by atoms with Crippen LogP contribution in [0, 0.1) is 6.92 Å². The molecular weight excluding hydrogens is 470 g/mol. The Balaban J connectivity index is 1.81. The number of hydrogen-bond donors (Lipinski definition) is 2. The molecule has 0 bridgehead atoms. The van der Waals surface area contributed by atoms with Crippen molar-refractivity contribution in [2.75, 3.05) is 0 Å². The van der Waals surface area contributed by atoms with E-state index in [1.165, 1.54) is 35.8 Å². The molecule has 0 aliphatic heterocycles. The van der Waals surface area contributed by atoms with Gasteiger partial charge in [-0.05, 0) is 42.3 Å². The minimum Gasteiger partial charge on any atom is -0.772 e. The van der Waals surface area contributed by atoms with Crippen molar-refractivity contribution >= 4 is 38.1 Å². The van der Waals surface area contributed by atoms with Crippen LogP contribution in [0.1, 0.15) is 11.3 Å². The zero-order valence-corrected chi connectivity index (χ0v) is 18.9. The van der Waals surface area contributed by atoms with Gasteiger partial charge in [0, 0.05) is 28.6 Å². The molecule has 10 nitrogen and oxygen atoms in total. The molecule has 4 aromatic rings.